The van der Waals surface area contributed by atoms with Gasteiger partial charge in [0.2, 0.25) is 0 Å². The summed E-state index contributed by atoms with van der Waals surface area (Å²) in [5.41, 5.74) is -0.542. The number of carboxylic acids is 1. The van der Waals surface area contributed by atoms with E-state index in [9.17, 15) is 4.79 Å². The summed E-state index contributed by atoms with van der Waals surface area (Å²) >= 11 is 0. The van der Waals surface area contributed by atoms with E-state index >= 15 is 0 Å². The van der Waals surface area contributed by atoms with Gasteiger partial charge < -0.3 is 5.11 Å². The Labute approximate surface area is 172 Å². The van der Waals surface area contributed by atoms with E-state index in [2.05, 4.69) is 27.7 Å². The first-order chi connectivity index (χ1) is 12.7. The highest BCUT2D eigenvalue weighted by atomic mass is 31.2. The van der Waals surface area contributed by atoms with Crippen LogP contribution in [0.25, 0.3) is 0 Å². The van der Waals surface area contributed by atoms with Gasteiger partial charge in [-0.3, -0.25) is 4.79 Å². The Morgan fingerprint density at radius 1 is 0.667 bits per heavy atom. The molecule has 0 radical (unpaired) electrons. The van der Waals surface area contributed by atoms with Gasteiger partial charge in [-0.1, -0.05) is 66.7 Å². The molecule has 0 aromatic rings. The molecule has 0 aliphatic rings. The molecule has 0 heterocycles. The molecule has 0 unspecified atom stereocenters. The molecule has 0 amide bonds. The van der Waals surface area contributed by atoms with Crippen molar-refractivity contribution in [1.29, 1.82) is 0 Å². The minimum Gasteiger partial charge on any atom is -0.481 e. The van der Waals surface area contributed by atoms with Crippen molar-refractivity contribution < 1.29 is 9.90 Å². The van der Waals surface area contributed by atoms with Gasteiger partial charge in [-0.2, -0.15) is 0 Å². The molecular formula is C24H52O2P+. The monoisotopic (exact) mass is 403 g/mol. The smallest absolute Gasteiger partial charge is 0.309 e. The van der Waals surface area contributed by atoms with Crippen LogP contribution in [-0.4, -0.2) is 35.7 Å². The molecule has 0 aliphatic heterocycles. The third kappa shape index (κ3) is 15.5. The number of carbonyl (C=O) groups is 1. The zero-order valence-corrected chi connectivity index (χ0v) is 20.8. The third-order valence-electron chi connectivity index (χ3n) is 5.91. The summed E-state index contributed by atoms with van der Waals surface area (Å²) in [5, 5.41) is 8.44. The van der Waals surface area contributed by atoms with Crippen LogP contribution in [0.4, 0.5) is 0 Å². The van der Waals surface area contributed by atoms with Gasteiger partial charge in [0.25, 0.3) is 0 Å². The number of unbranched alkanes of at least 4 members (excludes halogenated alkanes) is 6. The number of rotatable bonds is 16. The van der Waals surface area contributed by atoms with Gasteiger partial charge in [0.15, 0.2) is 0 Å². The van der Waals surface area contributed by atoms with E-state index in [-0.39, 0.29) is 0 Å². The highest BCUT2D eigenvalue weighted by Gasteiger charge is 2.34. The molecule has 3 heteroatoms. The molecular weight excluding hydrogens is 351 g/mol. The lowest BCUT2D eigenvalue weighted by atomic mass is 9.91. The van der Waals surface area contributed by atoms with Crippen LogP contribution >= 0.6 is 7.26 Å². The lowest BCUT2D eigenvalue weighted by molar-refractivity contribution is -0.147. The molecule has 0 atom stereocenters. The van der Waals surface area contributed by atoms with Gasteiger partial charge >= 0.3 is 5.97 Å². The molecule has 0 rings (SSSR count). The fourth-order valence-electron chi connectivity index (χ4n) is 3.18. The van der Waals surface area contributed by atoms with Gasteiger partial charge in [0.05, 0.1) is 30.1 Å². The summed E-state index contributed by atoms with van der Waals surface area (Å²) < 4.78 is 0. The Hall–Kier alpha value is -0.100. The van der Waals surface area contributed by atoms with Crippen LogP contribution in [0, 0.1) is 5.41 Å². The van der Waals surface area contributed by atoms with Crippen molar-refractivity contribution in [3.05, 3.63) is 0 Å². The van der Waals surface area contributed by atoms with Crippen LogP contribution in [0.3, 0.4) is 0 Å². The molecule has 0 spiro atoms. The SMILES string of the molecule is CCC(C)(C)C(=O)O.CCCCCC[P+](CCCC)(CCCC)CCCC. The van der Waals surface area contributed by atoms with Gasteiger partial charge in [0, 0.05) is 7.26 Å². The lowest BCUT2D eigenvalue weighted by Crippen LogP contribution is -2.21. The number of hydrogen-bond acceptors (Lipinski definition) is 1. The second kappa shape index (κ2) is 18.0. The predicted molar refractivity (Wildman–Crippen MR) is 127 cm³/mol. The van der Waals surface area contributed by atoms with Crippen molar-refractivity contribution in [3.63, 3.8) is 0 Å². The van der Waals surface area contributed by atoms with E-state index < -0.39 is 18.6 Å². The Morgan fingerprint density at radius 3 is 1.30 bits per heavy atom. The standard InChI is InChI=1S/C18H40P.C6H12O2/c1-5-9-13-14-18-19(15-10-6-2,16-11-7-3)17-12-8-4;1-4-6(2,3)5(7)8/h5-18H2,1-4H3;4H2,1-3H3,(H,7,8)/q+1;. The van der Waals surface area contributed by atoms with E-state index in [1.165, 1.54) is 64.2 Å². The first kappa shape index (κ1) is 29.1. The molecule has 0 bridgehead atoms. The molecule has 27 heavy (non-hydrogen) atoms. The van der Waals surface area contributed by atoms with E-state index in [1.54, 1.807) is 38.5 Å². The lowest BCUT2D eigenvalue weighted by Gasteiger charge is -2.28. The third-order valence-corrected chi connectivity index (χ3v) is 11.0. The van der Waals surface area contributed by atoms with Crippen molar-refractivity contribution in [2.24, 2.45) is 5.41 Å². The largest absolute Gasteiger partial charge is 0.481 e. The molecule has 0 saturated heterocycles. The Balaban J connectivity index is 0. The average Bonchev–Trinajstić information content (AvgIpc) is 2.66. The number of carboxylic acid groups (broad SMARTS) is 1. The van der Waals surface area contributed by atoms with Gasteiger partial charge in [0.1, 0.15) is 0 Å². The van der Waals surface area contributed by atoms with Crippen LogP contribution in [0.15, 0.2) is 0 Å². The zero-order chi connectivity index (χ0) is 21.2. The van der Waals surface area contributed by atoms with Crippen LogP contribution in [0.1, 0.15) is 119 Å². The van der Waals surface area contributed by atoms with E-state index in [1.807, 2.05) is 6.92 Å². The van der Waals surface area contributed by atoms with Crippen LogP contribution in [0.5, 0.6) is 0 Å². The molecule has 0 saturated carbocycles. The average molecular weight is 404 g/mol. The summed E-state index contributed by atoms with van der Waals surface area (Å²) in [4.78, 5) is 10.3. The zero-order valence-electron chi connectivity index (χ0n) is 19.9. The fraction of sp³-hybridized carbons (Fsp3) is 0.958. The van der Waals surface area contributed by atoms with Crippen LogP contribution in [0.2, 0.25) is 0 Å². The minimum absolute atomic E-state index is 0.542. The molecule has 2 nitrogen and oxygen atoms in total. The molecule has 164 valence electrons. The maximum Gasteiger partial charge on any atom is 0.309 e. The highest BCUT2D eigenvalue weighted by Crippen LogP contribution is 2.61. The van der Waals surface area contributed by atoms with Crippen LogP contribution in [-0.2, 0) is 4.79 Å². The quantitative estimate of drug-likeness (QED) is 0.207. The molecule has 0 aromatic carbocycles. The summed E-state index contributed by atoms with van der Waals surface area (Å²) in [5.74, 6) is -0.722. The molecule has 0 aromatic heterocycles. The van der Waals surface area contributed by atoms with Crippen molar-refractivity contribution in [2.75, 3.05) is 24.6 Å². The van der Waals surface area contributed by atoms with Crippen molar-refractivity contribution in [3.8, 4) is 0 Å². The minimum atomic E-state index is -0.722. The van der Waals surface area contributed by atoms with Gasteiger partial charge in [-0.25, -0.2) is 0 Å². The van der Waals surface area contributed by atoms with Gasteiger partial charge in [-0.15, -0.1) is 0 Å². The first-order valence-corrected chi connectivity index (χ1v) is 14.4. The first-order valence-electron chi connectivity index (χ1n) is 11.8. The second-order valence-electron chi connectivity index (χ2n) is 8.90. The summed E-state index contributed by atoms with van der Waals surface area (Å²) in [6, 6.07) is 0. The molecule has 0 fully saturated rings. The van der Waals surface area contributed by atoms with Crippen LogP contribution < -0.4 is 0 Å². The highest BCUT2D eigenvalue weighted by molar-refractivity contribution is 7.75. The Morgan fingerprint density at radius 2 is 1.04 bits per heavy atom. The van der Waals surface area contributed by atoms with Crippen molar-refractivity contribution in [1.82, 2.24) is 0 Å². The second-order valence-corrected chi connectivity index (χ2v) is 13.4. The Kier molecular flexibility index (Phi) is 19.4. The van der Waals surface area contributed by atoms with Crippen molar-refractivity contribution >= 4 is 13.2 Å². The maximum atomic E-state index is 10.3. The number of hydrogen-bond donors (Lipinski definition) is 1. The van der Waals surface area contributed by atoms with E-state index in [0.717, 1.165) is 0 Å². The van der Waals surface area contributed by atoms with E-state index in [4.69, 9.17) is 5.11 Å². The summed E-state index contributed by atoms with van der Waals surface area (Å²) in [6.07, 6.45) is 21.6. The van der Waals surface area contributed by atoms with Crippen molar-refractivity contribution in [2.45, 2.75) is 119 Å². The number of aliphatic carboxylic acids is 1. The maximum absolute atomic E-state index is 10.3. The van der Waals surface area contributed by atoms with E-state index in [0.29, 0.717) is 6.42 Å². The summed E-state index contributed by atoms with van der Waals surface area (Å²) in [7, 11) is -0.586. The summed E-state index contributed by atoms with van der Waals surface area (Å²) in [6.45, 7) is 14.7. The molecule has 0 aliphatic carbocycles. The predicted octanol–water partition coefficient (Wildman–Crippen LogP) is 8.49. The van der Waals surface area contributed by atoms with Gasteiger partial charge in [-0.05, 0) is 52.4 Å². The topological polar surface area (TPSA) is 37.3 Å². The molecule has 1 N–H and O–H groups in total. The normalized spacial score (nSPS) is 11.8. The fourth-order valence-corrected chi connectivity index (χ4v) is 8.37. The Bertz CT molecular complexity index is 317.